The molecule has 2 saturated heterocycles. The smallest absolute Gasteiger partial charge is 0.223 e. The van der Waals surface area contributed by atoms with E-state index in [9.17, 15) is 9.59 Å². The minimum Gasteiger partial charge on any atom is -0.497 e. The predicted molar refractivity (Wildman–Crippen MR) is 118 cm³/mol. The summed E-state index contributed by atoms with van der Waals surface area (Å²) in [6.07, 6.45) is 5.07. The first-order valence-corrected chi connectivity index (χ1v) is 11.3. The second-order valence-corrected chi connectivity index (χ2v) is 8.63. The molecule has 1 aromatic rings. The average molecular weight is 433 g/mol. The fraction of sp³-hybridized carbons (Fsp3) is 0.667. The van der Waals surface area contributed by atoms with Gasteiger partial charge in [-0.15, -0.1) is 0 Å². The van der Waals surface area contributed by atoms with E-state index in [0.717, 1.165) is 43.4 Å². The average Bonchev–Trinajstić information content (AvgIpc) is 2.82. The van der Waals surface area contributed by atoms with Crippen LogP contribution in [-0.4, -0.2) is 69.4 Å². The number of likely N-dealkylation sites (tertiary alicyclic amines) is 1. The van der Waals surface area contributed by atoms with Gasteiger partial charge in [-0.1, -0.05) is 12.1 Å². The van der Waals surface area contributed by atoms with Gasteiger partial charge in [-0.25, -0.2) is 0 Å². The lowest BCUT2D eigenvalue weighted by Crippen LogP contribution is -2.58. The first-order valence-electron chi connectivity index (χ1n) is 11.3. The second kappa shape index (κ2) is 11.5. The highest BCUT2D eigenvalue weighted by molar-refractivity contribution is 5.80. The summed E-state index contributed by atoms with van der Waals surface area (Å²) in [7, 11) is 3.33. The fourth-order valence-electron chi connectivity index (χ4n) is 4.44. The largest absolute Gasteiger partial charge is 0.497 e. The molecule has 0 bridgehead atoms. The van der Waals surface area contributed by atoms with Gasteiger partial charge in [0, 0.05) is 57.9 Å². The molecule has 2 aliphatic heterocycles. The van der Waals surface area contributed by atoms with Crippen LogP contribution in [0.5, 0.6) is 5.75 Å². The highest BCUT2D eigenvalue weighted by atomic mass is 16.5. The first-order chi connectivity index (χ1) is 15.0. The molecule has 2 fully saturated rings. The number of ether oxygens (including phenoxy) is 3. The number of hydrogen-bond donors (Lipinski definition) is 1. The number of piperidine rings is 1. The highest BCUT2D eigenvalue weighted by Crippen LogP contribution is 2.28. The Balaban J connectivity index is 1.51. The number of carbonyl (C=O) groups excluding carboxylic acids is 2. The van der Waals surface area contributed by atoms with Gasteiger partial charge in [0.2, 0.25) is 11.8 Å². The quantitative estimate of drug-likeness (QED) is 0.649. The van der Waals surface area contributed by atoms with Crippen LogP contribution >= 0.6 is 0 Å². The van der Waals surface area contributed by atoms with Crippen LogP contribution in [0.1, 0.15) is 44.1 Å². The Kier molecular flexibility index (Phi) is 8.72. The van der Waals surface area contributed by atoms with Crippen LogP contribution in [0.25, 0.3) is 0 Å². The van der Waals surface area contributed by atoms with Crippen LogP contribution in [0, 0.1) is 5.92 Å². The summed E-state index contributed by atoms with van der Waals surface area (Å²) >= 11 is 0. The lowest BCUT2D eigenvalue weighted by Gasteiger charge is -2.43. The normalized spacial score (nSPS) is 19.1. The Labute approximate surface area is 185 Å². The van der Waals surface area contributed by atoms with E-state index in [4.69, 9.17) is 14.2 Å². The molecule has 7 heteroatoms. The van der Waals surface area contributed by atoms with Crippen LogP contribution in [0.3, 0.4) is 0 Å². The minimum absolute atomic E-state index is 0.0253. The Morgan fingerprint density at radius 1 is 1.13 bits per heavy atom. The molecule has 172 valence electrons. The van der Waals surface area contributed by atoms with Gasteiger partial charge in [-0.05, 0) is 56.2 Å². The third kappa shape index (κ3) is 6.68. The van der Waals surface area contributed by atoms with Crippen molar-refractivity contribution >= 4 is 11.8 Å². The molecule has 2 amide bonds. The molecule has 2 aliphatic rings. The van der Waals surface area contributed by atoms with Crippen molar-refractivity contribution in [1.29, 1.82) is 0 Å². The summed E-state index contributed by atoms with van der Waals surface area (Å²) in [5, 5.41) is 3.34. The minimum atomic E-state index is -0.293. The number of hydrogen-bond acceptors (Lipinski definition) is 5. The summed E-state index contributed by atoms with van der Waals surface area (Å²) in [5.41, 5.74) is 0.836. The number of nitrogens with zero attached hydrogens (tertiary/aromatic N) is 1. The number of methoxy groups -OCH3 is 2. The van der Waals surface area contributed by atoms with Crippen LogP contribution < -0.4 is 10.1 Å². The van der Waals surface area contributed by atoms with Crippen molar-refractivity contribution < 1.29 is 23.8 Å². The van der Waals surface area contributed by atoms with Gasteiger partial charge in [-0.3, -0.25) is 9.59 Å². The van der Waals surface area contributed by atoms with Crippen LogP contribution in [0.2, 0.25) is 0 Å². The molecule has 1 aromatic carbocycles. The Morgan fingerprint density at radius 3 is 2.42 bits per heavy atom. The monoisotopic (exact) mass is 432 g/mol. The van der Waals surface area contributed by atoms with E-state index in [2.05, 4.69) is 5.32 Å². The standard InChI is InChI=1S/C24H36N2O5/c1-29-18-13-24(25-23(28)20-9-16-31-17-10-20)11-14-26(15-12-24)22(27)8-5-19-3-6-21(30-2)7-4-19/h3-4,6-7,20H,5,8-18H2,1-2H3,(H,25,28). The molecule has 7 nitrogen and oxygen atoms in total. The van der Waals surface area contributed by atoms with Crippen molar-refractivity contribution in [2.24, 2.45) is 5.92 Å². The number of amides is 2. The molecule has 0 spiro atoms. The maximum Gasteiger partial charge on any atom is 0.223 e. The third-order valence-electron chi connectivity index (χ3n) is 6.63. The molecule has 31 heavy (non-hydrogen) atoms. The van der Waals surface area contributed by atoms with Gasteiger partial charge >= 0.3 is 0 Å². The molecule has 0 radical (unpaired) electrons. The second-order valence-electron chi connectivity index (χ2n) is 8.63. The van der Waals surface area contributed by atoms with E-state index in [1.165, 1.54) is 0 Å². The molecule has 0 unspecified atom stereocenters. The van der Waals surface area contributed by atoms with E-state index >= 15 is 0 Å². The predicted octanol–water partition coefficient (Wildman–Crippen LogP) is 2.57. The topological polar surface area (TPSA) is 77.1 Å². The van der Waals surface area contributed by atoms with E-state index in [1.54, 1.807) is 14.2 Å². The van der Waals surface area contributed by atoms with Gasteiger partial charge in [0.1, 0.15) is 5.75 Å². The number of nitrogens with one attached hydrogen (secondary N) is 1. The zero-order chi connectivity index (χ0) is 22.1. The maximum absolute atomic E-state index is 12.9. The number of benzene rings is 1. The lowest BCUT2D eigenvalue weighted by molar-refractivity contribution is -0.134. The lowest BCUT2D eigenvalue weighted by atomic mass is 9.83. The van der Waals surface area contributed by atoms with E-state index in [1.807, 2.05) is 29.2 Å². The Morgan fingerprint density at radius 2 is 1.81 bits per heavy atom. The molecule has 0 saturated carbocycles. The number of aryl methyl sites for hydroxylation is 1. The molecular weight excluding hydrogens is 396 g/mol. The number of carbonyl (C=O) groups is 2. The van der Waals surface area contributed by atoms with Crippen molar-refractivity contribution in [1.82, 2.24) is 10.2 Å². The van der Waals surface area contributed by atoms with Gasteiger partial charge < -0.3 is 24.4 Å². The third-order valence-corrected chi connectivity index (χ3v) is 6.63. The van der Waals surface area contributed by atoms with Crippen molar-refractivity contribution in [2.75, 3.05) is 47.1 Å². The summed E-state index contributed by atoms with van der Waals surface area (Å²) < 4.78 is 15.9. The summed E-state index contributed by atoms with van der Waals surface area (Å²) in [6, 6.07) is 7.85. The van der Waals surface area contributed by atoms with Gasteiger partial charge in [0.05, 0.1) is 7.11 Å². The van der Waals surface area contributed by atoms with Crippen molar-refractivity contribution in [3.05, 3.63) is 29.8 Å². The maximum atomic E-state index is 12.9. The SMILES string of the molecule is COCCC1(NC(=O)C2CCOCC2)CCN(C(=O)CCc2ccc(OC)cc2)CC1. The highest BCUT2D eigenvalue weighted by Gasteiger charge is 2.38. The van der Waals surface area contributed by atoms with Crippen molar-refractivity contribution in [3.63, 3.8) is 0 Å². The molecule has 1 N–H and O–H groups in total. The fourth-order valence-corrected chi connectivity index (χ4v) is 4.44. The van der Waals surface area contributed by atoms with Gasteiger partial charge in [0.25, 0.3) is 0 Å². The van der Waals surface area contributed by atoms with Crippen LogP contribution in [-0.2, 0) is 25.5 Å². The molecule has 3 rings (SSSR count). The zero-order valence-corrected chi connectivity index (χ0v) is 18.9. The van der Waals surface area contributed by atoms with E-state index in [-0.39, 0.29) is 23.3 Å². The van der Waals surface area contributed by atoms with Crippen molar-refractivity contribution in [3.8, 4) is 5.75 Å². The molecular formula is C24H36N2O5. The Hall–Kier alpha value is -2.12. The summed E-state index contributed by atoms with van der Waals surface area (Å²) in [4.78, 5) is 27.6. The van der Waals surface area contributed by atoms with Gasteiger partial charge in [-0.2, -0.15) is 0 Å². The van der Waals surface area contributed by atoms with Crippen LogP contribution in [0.4, 0.5) is 0 Å². The Bertz CT molecular complexity index is 707. The summed E-state index contributed by atoms with van der Waals surface area (Å²) in [6.45, 7) is 3.23. The van der Waals surface area contributed by atoms with Gasteiger partial charge in [0.15, 0.2) is 0 Å². The van der Waals surface area contributed by atoms with Crippen LogP contribution in [0.15, 0.2) is 24.3 Å². The molecule has 0 atom stereocenters. The van der Waals surface area contributed by atoms with E-state index < -0.39 is 0 Å². The van der Waals surface area contributed by atoms with E-state index in [0.29, 0.717) is 45.8 Å². The molecule has 2 heterocycles. The molecule has 0 aromatic heterocycles. The molecule has 0 aliphatic carbocycles. The number of rotatable bonds is 9. The summed E-state index contributed by atoms with van der Waals surface area (Å²) in [5.74, 6) is 1.14. The van der Waals surface area contributed by atoms with Crippen molar-refractivity contribution in [2.45, 2.75) is 50.5 Å². The first kappa shape index (κ1) is 23.5. The zero-order valence-electron chi connectivity index (χ0n) is 18.9.